The van der Waals surface area contributed by atoms with Gasteiger partial charge < -0.3 is 5.73 Å². The molecule has 2 N–H and O–H groups in total. The van der Waals surface area contributed by atoms with Crippen molar-refractivity contribution in [3.8, 4) is 0 Å². The van der Waals surface area contributed by atoms with E-state index in [1.54, 1.807) is 0 Å². The summed E-state index contributed by atoms with van der Waals surface area (Å²) in [5.41, 5.74) is 6.90. The fourth-order valence-corrected chi connectivity index (χ4v) is 2.40. The highest BCUT2D eigenvalue weighted by molar-refractivity contribution is 7.15. The third kappa shape index (κ3) is 2.39. The zero-order valence-corrected chi connectivity index (χ0v) is 10.3. The van der Waals surface area contributed by atoms with Gasteiger partial charge >= 0.3 is 0 Å². The second-order valence-corrected chi connectivity index (χ2v) is 5.50. The topological polar surface area (TPSA) is 51.8 Å². The Morgan fingerprint density at radius 3 is 2.44 bits per heavy atom. The van der Waals surface area contributed by atoms with Gasteiger partial charge in [-0.25, -0.2) is 0 Å². The second-order valence-electron chi connectivity index (χ2n) is 4.49. The average Bonchev–Trinajstić information content (AvgIpc) is 2.66. The number of hydrogen-bond donors (Lipinski definition) is 1. The van der Waals surface area contributed by atoms with E-state index in [1.807, 2.05) is 6.07 Å². The molecular formula is C12H15N3S. The van der Waals surface area contributed by atoms with Gasteiger partial charge in [0.1, 0.15) is 5.01 Å². The molecule has 0 aliphatic carbocycles. The van der Waals surface area contributed by atoms with Gasteiger partial charge in [-0.05, 0) is 12.0 Å². The lowest BCUT2D eigenvalue weighted by atomic mass is 9.86. The number of rotatable bonds is 3. The molecule has 4 heteroatoms. The first kappa shape index (κ1) is 11.1. The molecule has 0 aliphatic rings. The summed E-state index contributed by atoms with van der Waals surface area (Å²) in [5.74, 6) is 0. The zero-order valence-electron chi connectivity index (χ0n) is 9.47. The van der Waals surface area contributed by atoms with Gasteiger partial charge in [-0.2, -0.15) is 0 Å². The molecule has 0 unspecified atom stereocenters. The van der Waals surface area contributed by atoms with Crippen LogP contribution in [0.1, 0.15) is 24.4 Å². The zero-order chi connectivity index (χ0) is 11.6. The fraction of sp³-hybridized carbons (Fsp3) is 0.333. The molecule has 1 aromatic heterocycles. The molecule has 2 aromatic rings. The Bertz CT molecular complexity index is 462. The predicted molar refractivity (Wildman–Crippen MR) is 67.5 cm³/mol. The third-order valence-electron chi connectivity index (χ3n) is 2.51. The molecule has 0 saturated heterocycles. The van der Waals surface area contributed by atoms with Gasteiger partial charge in [0.15, 0.2) is 0 Å². The summed E-state index contributed by atoms with van der Waals surface area (Å²) >= 11 is 1.47. The van der Waals surface area contributed by atoms with Gasteiger partial charge in [-0.15, -0.1) is 10.2 Å². The maximum atomic E-state index is 5.61. The molecule has 3 nitrogen and oxygen atoms in total. The van der Waals surface area contributed by atoms with E-state index >= 15 is 0 Å². The monoisotopic (exact) mass is 233 g/mol. The molecule has 0 saturated carbocycles. The van der Waals surface area contributed by atoms with Crippen LogP contribution in [0.3, 0.4) is 0 Å². The lowest BCUT2D eigenvalue weighted by molar-refractivity contribution is 0.514. The van der Waals surface area contributed by atoms with Crippen molar-refractivity contribution in [1.29, 1.82) is 0 Å². The van der Waals surface area contributed by atoms with Crippen molar-refractivity contribution in [2.45, 2.75) is 25.7 Å². The van der Waals surface area contributed by atoms with Crippen LogP contribution in [0.25, 0.3) is 0 Å². The van der Waals surface area contributed by atoms with E-state index in [-0.39, 0.29) is 5.41 Å². The number of nitrogens with two attached hydrogens (primary N) is 1. The van der Waals surface area contributed by atoms with E-state index in [0.29, 0.717) is 5.13 Å². The van der Waals surface area contributed by atoms with Gasteiger partial charge in [-0.3, -0.25) is 0 Å². The number of nitrogens with zero attached hydrogens (tertiary/aromatic N) is 2. The molecule has 0 aliphatic heterocycles. The van der Waals surface area contributed by atoms with Gasteiger partial charge in [0, 0.05) is 5.41 Å². The summed E-state index contributed by atoms with van der Waals surface area (Å²) in [7, 11) is 0. The van der Waals surface area contributed by atoms with E-state index < -0.39 is 0 Å². The molecule has 1 aromatic carbocycles. The van der Waals surface area contributed by atoms with Crippen LogP contribution in [-0.2, 0) is 11.8 Å². The van der Waals surface area contributed by atoms with Crippen molar-refractivity contribution in [2.75, 3.05) is 5.73 Å². The molecule has 0 bridgehead atoms. The summed E-state index contributed by atoms with van der Waals surface area (Å²) < 4.78 is 0. The van der Waals surface area contributed by atoms with E-state index in [0.717, 1.165) is 11.4 Å². The van der Waals surface area contributed by atoms with Crippen molar-refractivity contribution in [3.63, 3.8) is 0 Å². The van der Waals surface area contributed by atoms with Crippen LogP contribution < -0.4 is 5.73 Å². The molecule has 0 radical (unpaired) electrons. The fourth-order valence-electron chi connectivity index (χ4n) is 1.69. The van der Waals surface area contributed by atoms with Crippen molar-refractivity contribution in [3.05, 3.63) is 40.9 Å². The van der Waals surface area contributed by atoms with Gasteiger partial charge in [0.2, 0.25) is 5.13 Å². The van der Waals surface area contributed by atoms with Crippen LogP contribution in [0.2, 0.25) is 0 Å². The average molecular weight is 233 g/mol. The maximum Gasteiger partial charge on any atom is 0.203 e. The second kappa shape index (κ2) is 4.22. The molecule has 0 fully saturated rings. The van der Waals surface area contributed by atoms with Crippen LogP contribution in [-0.4, -0.2) is 10.2 Å². The first-order valence-corrected chi connectivity index (χ1v) is 6.03. The molecule has 1 heterocycles. The number of anilines is 1. The van der Waals surface area contributed by atoms with Crippen LogP contribution in [0.4, 0.5) is 5.13 Å². The summed E-state index contributed by atoms with van der Waals surface area (Å²) in [4.78, 5) is 0. The normalized spacial score (nSPS) is 11.6. The first-order chi connectivity index (χ1) is 7.58. The third-order valence-corrected chi connectivity index (χ3v) is 3.63. The minimum atomic E-state index is -0.0172. The lowest BCUT2D eigenvalue weighted by Crippen LogP contribution is -2.20. The minimum Gasteiger partial charge on any atom is -0.374 e. The van der Waals surface area contributed by atoms with E-state index in [9.17, 15) is 0 Å². The van der Waals surface area contributed by atoms with E-state index in [4.69, 9.17) is 5.73 Å². The van der Waals surface area contributed by atoms with Gasteiger partial charge in [-0.1, -0.05) is 55.5 Å². The van der Waals surface area contributed by atoms with Crippen molar-refractivity contribution >= 4 is 16.5 Å². The molecule has 0 spiro atoms. The van der Waals surface area contributed by atoms with Crippen molar-refractivity contribution in [1.82, 2.24) is 10.2 Å². The Morgan fingerprint density at radius 2 is 1.88 bits per heavy atom. The highest BCUT2D eigenvalue weighted by Crippen LogP contribution is 2.30. The number of hydrogen-bond acceptors (Lipinski definition) is 4. The molecule has 0 amide bonds. The quantitative estimate of drug-likeness (QED) is 0.886. The minimum absolute atomic E-state index is 0.0172. The number of aromatic nitrogens is 2. The van der Waals surface area contributed by atoms with Crippen LogP contribution >= 0.6 is 11.3 Å². The first-order valence-electron chi connectivity index (χ1n) is 5.21. The Hall–Kier alpha value is -1.42. The summed E-state index contributed by atoms with van der Waals surface area (Å²) in [5, 5.41) is 9.53. The summed E-state index contributed by atoms with van der Waals surface area (Å²) in [6.07, 6.45) is 0.947. The highest BCUT2D eigenvalue weighted by Gasteiger charge is 2.25. The number of nitrogen functional groups attached to an aromatic ring is 1. The Balaban J connectivity index is 2.20. The van der Waals surface area contributed by atoms with Crippen molar-refractivity contribution in [2.24, 2.45) is 0 Å². The van der Waals surface area contributed by atoms with Gasteiger partial charge in [0.25, 0.3) is 0 Å². The van der Waals surface area contributed by atoms with Crippen LogP contribution in [0.15, 0.2) is 30.3 Å². The Labute approximate surface area is 99.3 Å². The van der Waals surface area contributed by atoms with Crippen molar-refractivity contribution < 1.29 is 0 Å². The summed E-state index contributed by atoms with van der Waals surface area (Å²) in [6.45, 7) is 4.33. The Morgan fingerprint density at radius 1 is 1.19 bits per heavy atom. The lowest BCUT2D eigenvalue weighted by Gasteiger charge is -2.21. The SMILES string of the molecule is CC(C)(Cc1ccccc1)c1nnc(N)s1. The van der Waals surface area contributed by atoms with E-state index in [2.05, 4.69) is 48.3 Å². The maximum absolute atomic E-state index is 5.61. The smallest absolute Gasteiger partial charge is 0.203 e. The van der Waals surface area contributed by atoms with Gasteiger partial charge in [0.05, 0.1) is 0 Å². The van der Waals surface area contributed by atoms with Crippen LogP contribution in [0, 0.1) is 0 Å². The van der Waals surface area contributed by atoms with E-state index in [1.165, 1.54) is 16.9 Å². The molecular weight excluding hydrogens is 218 g/mol. The Kier molecular flexibility index (Phi) is 2.92. The molecule has 84 valence electrons. The molecule has 0 atom stereocenters. The largest absolute Gasteiger partial charge is 0.374 e. The molecule has 2 rings (SSSR count). The standard InChI is InChI=1S/C12H15N3S/c1-12(2,10-14-15-11(13)16-10)8-9-6-4-3-5-7-9/h3-7H,8H2,1-2H3,(H2,13,15). The molecule has 16 heavy (non-hydrogen) atoms. The summed E-state index contributed by atoms with van der Waals surface area (Å²) in [6, 6.07) is 10.4. The number of benzene rings is 1. The predicted octanol–water partition coefficient (Wildman–Crippen LogP) is 2.64. The van der Waals surface area contributed by atoms with Crippen LogP contribution in [0.5, 0.6) is 0 Å². The highest BCUT2D eigenvalue weighted by atomic mass is 32.1.